The lowest BCUT2D eigenvalue weighted by Crippen LogP contribution is -1.95. The van der Waals surface area contributed by atoms with Gasteiger partial charge in [0.1, 0.15) is 0 Å². The Labute approximate surface area is 105 Å². The van der Waals surface area contributed by atoms with E-state index in [0.29, 0.717) is 16.6 Å². The first-order valence-corrected chi connectivity index (χ1v) is 5.71. The molecular formula is C13H11Cl2N. The van der Waals surface area contributed by atoms with Gasteiger partial charge in [0.15, 0.2) is 0 Å². The van der Waals surface area contributed by atoms with Crippen molar-refractivity contribution in [2.75, 3.05) is 0 Å². The molecule has 0 unspecified atom stereocenters. The molecule has 16 heavy (non-hydrogen) atoms. The summed E-state index contributed by atoms with van der Waals surface area (Å²) in [4.78, 5) is 0. The minimum Gasteiger partial charge on any atom is -0.326 e. The van der Waals surface area contributed by atoms with Gasteiger partial charge in [-0.25, -0.2) is 0 Å². The first kappa shape index (κ1) is 11.5. The second-order valence-electron chi connectivity index (χ2n) is 3.50. The van der Waals surface area contributed by atoms with Crippen LogP contribution in [0.5, 0.6) is 0 Å². The summed E-state index contributed by atoms with van der Waals surface area (Å²) in [6, 6.07) is 13.6. The van der Waals surface area contributed by atoms with Crippen LogP contribution in [0.1, 0.15) is 5.56 Å². The maximum absolute atomic E-state index is 6.14. The summed E-state index contributed by atoms with van der Waals surface area (Å²) < 4.78 is 0. The number of hydrogen-bond acceptors (Lipinski definition) is 1. The average molecular weight is 252 g/mol. The molecule has 0 heterocycles. The van der Waals surface area contributed by atoms with Crippen LogP contribution >= 0.6 is 23.2 Å². The highest BCUT2D eigenvalue weighted by Gasteiger charge is 2.06. The van der Waals surface area contributed by atoms with Gasteiger partial charge in [0.25, 0.3) is 0 Å². The Morgan fingerprint density at radius 1 is 0.938 bits per heavy atom. The molecule has 0 saturated carbocycles. The summed E-state index contributed by atoms with van der Waals surface area (Å²) in [5, 5.41) is 1.16. The van der Waals surface area contributed by atoms with E-state index in [9.17, 15) is 0 Å². The van der Waals surface area contributed by atoms with Crippen molar-refractivity contribution in [2.45, 2.75) is 6.54 Å². The second kappa shape index (κ2) is 4.88. The molecule has 2 aromatic carbocycles. The molecule has 2 aromatic rings. The van der Waals surface area contributed by atoms with Crippen molar-refractivity contribution in [3.8, 4) is 11.1 Å². The predicted molar refractivity (Wildman–Crippen MR) is 69.8 cm³/mol. The second-order valence-corrected chi connectivity index (χ2v) is 4.29. The van der Waals surface area contributed by atoms with Crippen LogP contribution in [0.15, 0.2) is 42.5 Å². The quantitative estimate of drug-likeness (QED) is 0.854. The molecule has 0 amide bonds. The van der Waals surface area contributed by atoms with Crippen LogP contribution in [-0.4, -0.2) is 0 Å². The van der Waals surface area contributed by atoms with Gasteiger partial charge in [-0.15, -0.1) is 0 Å². The molecule has 0 radical (unpaired) electrons. The van der Waals surface area contributed by atoms with Crippen LogP contribution in [0.2, 0.25) is 10.0 Å². The molecule has 82 valence electrons. The number of rotatable bonds is 2. The zero-order valence-corrected chi connectivity index (χ0v) is 10.1. The van der Waals surface area contributed by atoms with E-state index in [-0.39, 0.29) is 0 Å². The summed E-state index contributed by atoms with van der Waals surface area (Å²) in [7, 11) is 0. The van der Waals surface area contributed by atoms with Crippen molar-refractivity contribution in [2.24, 2.45) is 5.73 Å². The molecule has 1 nitrogen and oxygen atoms in total. The molecule has 2 rings (SSSR count). The van der Waals surface area contributed by atoms with Crippen molar-refractivity contribution >= 4 is 23.2 Å². The van der Waals surface area contributed by atoms with Crippen molar-refractivity contribution in [3.05, 3.63) is 58.1 Å². The summed E-state index contributed by atoms with van der Waals surface area (Å²) in [5.41, 5.74) is 8.63. The third-order valence-corrected chi connectivity index (χ3v) is 3.27. The Morgan fingerprint density at radius 2 is 1.62 bits per heavy atom. The molecule has 2 N–H and O–H groups in total. The van der Waals surface area contributed by atoms with E-state index in [1.54, 1.807) is 6.07 Å². The number of nitrogens with two attached hydrogens (primary N) is 1. The van der Waals surface area contributed by atoms with E-state index in [0.717, 1.165) is 16.7 Å². The van der Waals surface area contributed by atoms with E-state index >= 15 is 0 Å². The van der Waals surface area contributed by atoms with E-state index in [1.807, 2.05) is 36.4 Å². The van der Waals surface area contributed by atoms with Gasteiger partial charge in [-0.2, -0.15) is 0 Å². The molecule has 0 aliphatic carbocycles. The van der Waals surface area contributed by atoms with Crippen LogP contribution in [0, 0.1) is 0 Å². The van der Waals surface area contributed by atoms with E-state index < -0.39 is 0 Å². The topological polar surface area (TPSA) is 26.0 Å². The molecule has 0 aliphatic rings. The van der Waals surface area contributed by atoms with Gasteiger partial charge in [0.05, 0.1) is 10.0 Å². The van der Waals surface area contributed by atoms with Gasteiger partial charge < -0.3 is 5.73 Å². The zero-order chi connectivity index (χ0) is 11.5. The molecule has 0 fully saturated rings. The molecule has 0 aromatic heterocycles. The highest BCUT2D eigenvalue weighted by molar-refractivity contribution is 6.43. The van der Waals surface area contributed by atoms with Gasteiger partial charge in [0.2, 0.25) is 0 Å². The Bertz CT molecular complexity index is 492. The zero-order valence-electron chi connectivity index (χ0n) is 8.58. The Balaban J connectivity index is 2.46. The smallest absolute Gasteiger partial charge is 0.0670 e. The largest absolute Gasteiger partial charge is 0.326 e. The number of halogens is 2. The first-order chi connectivity index (χ1) is 7.72. The van der Waals surface area contributed by atoms with Crippen molar-refractivity contribution in [1.29, 1.82) is 0 Å². The molecular weight excluding hydrogens is 241 g/mol. The van der Waals surface area contributed by atoms with Crippen molar-refractivity contribution < 1.29 is 0 Å². The van der Waals surface area contributed by atoms with E-state index in [2.05, 4.69) is 0 Å². The minimum absolute atomic E-state index is 0.545. The fourth-order valence-electron chi connectivity index (χ4n) is 1.55. The molecule has 0 aliphatic heterocycles. The number of hydrogen-bond donors (Lipinski definition) is 1. The van der Waals surface area contributed by atoms with E-state index in [1.165, 1.54) is 0 Å². The van der Waals surface area contributed by atoms with Crippen LogP contribution in [0.4, 0.5) is 0 Å². The van der Waals surface area contributed by atoms with Crippen LogP contribution < -0.4 is 5.73 Å². The average Bonchev–Trinajstić information content (AvgIpc) is 2.33. The summed E-state index contributed by atoms with van der Waals surface area (Å²) in [6.45, 7) is 0.545. The van der Waals surface area contributed by atoms with Crippen LogP contribution in [0.25, 0.3) is 11.1 Å². The lowest BCUT2D eigenvalue weighted by Gasteiger charge is -2.06. The normalized spacial score (nSPS) is 10.4. The molecule has 0 atom stereocenters. The Kier molecular flexibility index (Phi) is 3.49. The Morgan fingerprint density at radius 3 is 2.25 bits per heavy atom. The third-order valence-electron chi connectivity index (χ3n) is 2.45. The van der Waals surface area contributed by atoms with Crippen molar-refractivity contribution in [3.63, 3.8) is 0 Å². The van der Waals surface area contributed by atoms with E-state index in [4.69, 9.17) is 28.9 Å². The summed E-state index contributed by atoms with van der Waals surface area (Å²) in [6.07, 6.45) is 0. The maximum Gasteiger partial charge on any atom is 0.0670 e. The fourth-order valence-corrected chi connectivity index (χ4v) is 1.96. The lowest BCUT2D eigenvalue weighted by atomic mass is 10.0. The predicted octanol–water partition coefficient (Wildman–Crippen LogP) is 4.12. The number of benzene rings is 2. The van der Waals surface area contributed by atoms with Crippen LogP contribution in [-0.2, 0) is 6.54 Å². The fraction of sp³-hybridized carbons (Fsp3) is 0.0769. The highest BCUT2D eigenvalue weighted by Crippen LogP contribution is 2.33. The molecule has 3 heteroatoms. The minimum atomic E-state index is 0.545. The molecule has 0 bridgehead atoms. The molecule has 0 saturated heterocycles. The maximum atomic E-state index is 6.14. The third kappa shape index (κ3) is 2.22. The summed E-state index contributed by atoms with van der Waals surface area (Å²) >= 11 is 12.1. The SMILES string of the molecule is NCc1ccc(-c2cccc(Cl)c2Cl)cc1. The van der Waals surface area contributed by atoms with Gasteiger partial charge in [-0.05, 0) is 17.2 Å². The van der Waals surface area contributed by atoms with Gasteiger partial charge in [-0.1, -0.05) is 59.6 Å². The molecule has 0 spiro atoms. The standard InChI is InChI=1S/C13H11Cl2N/c14-12-3-1-2-11(13(12)15)10-6-4-9(8-16)5-7-10/h1-7H,8,16H2. The monoisotopic (exact) mass is 251 g/mol. The van der Waals surface area contributed by atoms with Crippen molar-refractivity contribution in [1.82, 2.24) is 0 Å². The summed E-state index contributed by atoms with van der Waals surface area (Å²) in [5.74, 6) is 0. The Hall–Kier alpha value is -1.02. The van der Waals surface area contributed by atoms with Gasteiger partial charge in [-0.3, -0.25) is 0 Å². The van der Waals surface area contributed by atoms with Gasteiger partial charge in [0, 0.05) is 12.1 Å². The van der Waals surface area contributed by atoms with Gasteiger partial charge >= 0.3 is 0 Å². The lowest BCUT2D eigenvalue weighted by molar-refractivity contribution is 1.07. The highest BCUT2D eigenvalue weighted by atomic mass is 35.5. The van der Waals surface area contributed by atoms with Crippen LogP contribution in [0.3, 0.4) is 0 Å². The first-order valence-electron chi connectivity index (χ1n) is 4.96.